The molecule has 0 saturated heterocycles. The van der Waals surface area contributed by atoms with E-state index in [1.165, 1.54) is 0 Å². The van der Waals surface area contributed by atoms with Crippen LogP contribution in [0.1, 0.15) is 19.3 Å². The summed E-state index contributed by atoms with van der Waals surface area (Å²) >= 11 is 0. The summed E-state index contributed by atoms with van der Waals surface area (Å²) in [4.78, 5) is 4.47. The van der Waals surface area contributed by atoms with Crippen molar-refractivity contribution >= 4 is 6.21 Å². The molecular weight excluding hydrogens is 114 g/mol. The first-order valence-corrected chi connectivity index (χ1v) is 3.07. The molecule has 0 aliphatic rings. The molecule has 2 nitrogen and oxygen atoms in total. The number of oxime groups is 1. The van der Waals surface area contributed by atoms with Crippen LogP contribution in [-0.4, -0.2) is 13.3 Å². The van der Waals surface area contributed by atoms with Crippen molar-refractivity contribution in [1.82, 2.24) is 0 Å². The van der Waals surface area contributed by atoms with Crippen LogP contribution in [0.15, 0.2) is 17.8 Å². The summed E-state index contributed by atoms with van der Waals surface area (Å²) < 4.78 is 0. The van der Waals surface area contributed by atoms with Gasteiger partial charge in [0.2, 0.25) is 0 Å². The molecule has 0 heterocycles. The highest BCUT2D eigenvalue weighted by Gasteiger charge is 1.78. The highest BCUT2D eigenvalue weighted by Crippen LogP contribution is 1.91. The Labute approximate surface area is 56.2 Å². The number of nitrogens with zero attached hydrogens (tertiary/aromatic N) is 1. The van der Waals surface area contributed by atoms with Gasteiger partial charge in [0.25, 0.3) is 0 Å². The predicted molar refractivity (Wildman–Crippen MR) is 39.5 cm³/mol. The SMILES string of the molecule is C=CCCC/C=N\OC. The maximum atomic E-state index is 4.47. The summed E-state index contributed by atoms with van der Waals surface area (Å²) in [6.45, 7) is 3.60. The van der Waals surface area contributed by atoms with Gasteiger partial charge in [0.1, 0.15) is 7.11 Å². The van der Waals surface area contributed by atoms with Gasteiger partial charge in [0.05, 0.1) is 0 Å². The fraction of sp³-hybridized carbons (Fsp3) is 0.571. The molecule has 2 heteroatoms. The molecule has 0 atom stereocenters. The van der Waals surface area contributed by atoms with Gasteiger partial charge in [-0.3, -0.25) is 0 Å². The Bertz CT molecular complexity index is 88.9. The number of unbranched alkanes of at least 4 members (excludes halogenated alkanes) is 2. The molecule has 0 bridgehead atoms. The quantitative estimate of drug-likeness (QED) is 0.239. The zero-order chi connectivity index (χ0) is 6.95. The van der Waals surface area contributed by atoms with Crippen LogP contribution in [0, 0.1) is 0 Å². The van der Waals surface area contributed by atoms with Crippen LogP contribution in [0.25, 0.3) is 0 Å². The number of hydrogen-bond donors (Lipinski definition) is 0. The lowest BCUT2D eigenvalue weighted by molar-refractivity contribution is 0.214. The highest BCUT2D eigenvalue weighted by atomic mass is 16.6. The summed E-state index contributed by atoms with van der Waals surface area (Å²) in [5.41, 5.74) is 0. The molecule has 52 valence electrons. The van der Waals surface area contributed by atoms with E-state index in [0.717, 1.165) is 19.3 Å². The first-order chi connectivity index (χ1) is 4.41. The minimum atomic E-state index is 0.972. The van der Waals surface area contributed by atoms with Gasteiger partial charge >= 0.3 is 0 Å². The third-order valence-electron chi connectivity index (χ3n) is 0.921. The molecule has 0 amide bonds. The summed E-state index contributed by atoms with van der Waals surface area (Å²) in [6.07, 6.45) is 6.80. The molecule has 9 heavy (non-hydrogen) atoms. The highest BCUT2D eigenvalue weighted by molar-refractivity contribution is 5.56. The molecule has 0 radical (unpaired) electrons. The standard InChI is InChI=1S/C7H13NO/c1-3-4-5-6-7-8-9-2/h3,7H,1,4-6H2,2H3/b8-7-. The fourth-order valence-corrected chi connectivity index (χ4v) is 0.481. The van der Waals surface area contributed by atoms with E-state index in [4.69, 9.17) is 0 Å². The van der Waals surface area contributed by atoms with E-state index in [0.29, 0.717) is 0 Å². The van der Waals surface area contributed by atoms with Crippen molar-refractivity contribution < 1.29 is 4.84 Å². The topological polar surface area (TPSA) is 21.6 Å². The second-order valence-corrected chi connectivity index (χ2v) is 1.69. The van der Waals surface area contributed by atoms with Gasteiger partial charge < -0.3 is 4.84 Å². The molecule has 0 rings (SSSR count). The maximum Gasteiger partial charge on any atom is 0.106 e. The van der Waals surface area contributed by atoms with Crippen LogP contribution < -0.4 is 0 Å². The monoisotopic (exact) mass is 127 g/mol. The molecule has 0 aromatic heterocycles. The van der Waals surface area contributed by atoms with Gasteiger partial charge in [-0.1, -0.05) is 11.2 Å². The van der Waals surface area contributed by atoms with Crippen molar-refractivity contribution in [2.45, 2.75) is 19.3 Å². The van der Waals surface area contributed by atoms with Crippen LogP contribution in [0.3, 0.4) is 0 Å². The number of rotatable bonds is 5. The van der Waals surface area contributed by atoms with Crippen molar-refractivity contribution in [3.8, 4) is 0 Å². The molecule has 0 N–H and O–H groups in total. The normalized spacial score (nSPS) is 9.89. The van der Waals surface area contributed by atoms with Crippen LogP contribution in [0.2, 0.25) is 0 Å². The van der Waals surface area contributed by atoms with Gasteiger partial charge in [0, 0.05) is 6.21 Å². The van der Waals surface area contributed by atoms with Crippen molar-refractivity contribution in [3.63, 3.8) is 0 Å². The largest absolute Gasteiger partial charge is 0.399 e. The zero-order valence-corrected chi connectivity index (χ0v) is 5.84. The fourth-order valence-electron chi connectivity index (χ4n) is 0.481. The van der Waals surface area contributed by atoms with Crippen LogP contribution in [0.4, 0.5) is 0 Å². The van der Waals surface area contributed by atoms with E-state index >= 15 is 0 Å². The van der Waals surface area contributed by atoms with Crippen molar-refractivity contribution in [3.05, 3.63) is 12.7 Å². The minimum Gasteiger partial charge on any atom is -0.399 e. The Balaban J connectivity index is 2.90. The summed E-state index contributed by atoms with van der Waals surface area (Å²) in [7, 11) is 1.55. The molecule has 0 fully saturated rings. The molecule has 0 saturated carbocycles. The second kappa shape index (κ2) is 7.21. The Morgan fingerprint density at radius 2 is 2.33 bits per heavy atom. The third kappa shape index (κ3) is 7.21. The van der Waals surface area contributed by atoms with Crippen molar-refractivity contribution in [2.24, 2.45) is 5.16 Å². The van der Waals surface area contributed by atoms with Crippen molar-refractivity contribution in [1.29, 1.82) is 0 Å². The Kier molecular flexibility index (Phi) is 6.58. The third-order valence-corrected chi connectivity index (χ3v) is 0.921. The molecule has 0 spiro atoms. The predicted octanol–water partition coefficient (Wildman–Crippen LogP) is 1.97. The zero-order valence-electron chi connectivity index (χ0n) is 5.84. The molecule has 0 aliphatic carbocycles. The average molecular weight is 127 g/mol. The Hall–Kier alpha value is -0.790. The van der Waals surface area contributed by atoms with Gasteiger partial charge in [-0.15, -0.1) is 6.58 Å². The lowest BCUT2D eigenvalue weighted by Crippen LogP contribution is -1.76. The molecule has 0 aromatic carbocycles. The van der Waals surface area contributed by atoms with Crippen LogP contribution in [0.5, 0.6) is 0 Å². The number of hydrogen-bond acceptors (Lipinski definition) is 2. The maximum absolute atomic E-state index is 4.47. The van der Waals surface area contributed by atoms with Gasteiger partial charge in [-0.05, 0) is 19.3 Å². The Morgan fingerprint density at radius 3 is 2.89 bits per heavy atom. The minimum absolute atomic E-state index is 0.972. The molecule has 0 aromatic rings. The van der Waals surface area contributed by atoms with E-state index in [9.17, 15) is 0 Å². The lowest BCUT2D eigenvalue weighted by Gasteiger charge is -1.87. The summed E-state index contributed by atoms with van der Waals surface area (Å²) in [5.74, 6) is 0. The molecule has 0 aliphatic heterocycles. The van der Waals surface area contributed by atoms with E-state index in [1.807, 2.05) is 6.08 Å². The first-order valence-electron chi connectivity index (χ1n) is 3.07. The lowest BCUT2D eigenvalue weighted by atomic mass is 10.2. The van der Waals surface area contributed by atoms with E-state index in [1.54, 1.807) is 13.3 Å². The summed E-state index contributed by atoms with van der Waals surface area (Å²) in [5, 5.41) is 3.58. The van der Waals surface area contributed by atoms with Gasteiger partial charge in [-0.25, -0.2) is 0 Å². The van der Waals surface area contributed by atoms with Crippen LogP contribution >= 0.6 is 0 Å². The van der Waals surface area contributed by atoms with E-state index in [2.05, 4.69) is 16.6 Å². The first kappa shape index (κ1) is 8.21. The van der Waals surface area contributed by atoms with E-state index in [-0.39, 0.29) is 0 Å². The molecular formula is C7H13NO. The van der Waals surface area contributed by atoms with Crippen LogP contribution in [-0.2, 0) is 4.84 Å². The smallest absolute Gasteiger partial charge is 0.106 e. The van der Waals surface area contributed by atoms with E-state index < -0.39 is 0 Å². The number of allylic oxidation sites excluding steroid dienone is 1. The van der Waals surface area contributed by atoms with Gasteiger partial charge in [0.15, 0.2) is 0 Å². The summed E-state index contributed by atoms with van der Waals surface area (Å²) in [6, 6.07) is 0. The second-order valence-electron chi connectivity index (χ2n) is 1.69. The Morgan fingerprint density at radius 1 is 1.56 bits per heavy atom. The average Bonchev–Trinajstić information content (AvgIpc) is 1.89. The van der Waals surface area contributed by atoms with Crippen molar-refractivity contribution in [2.75, 3.05) is 7.11 Å². The van der Waals surface area contributed by atoms with Gasteiger partial charge in [-0.2, -0.15) is 0 Å². The molecule has 0 unspecified atom stereocenters.